The van der Waals surface area contributed by atoms with Crippen molar-refractivity contribution in [3.8, 4) is 0 Å². The summed E-state index contributed by atoms with van der Waals surface area (Å²) in [6, 6.07) is 4.45. The third kappa shape index (κ3) is 3.09. The van der Waals surface area contributed by atoms with Gasteiger partial charge in [-0.2, -0.15) is 0 Å². The number of carbonyl (C=O) groups is 1. The van der Waals surface area contributed by atoms with Crippen molar-refractivity contribution in [3.63, 3.8) is 0 Å². The van der Waals surface area contributed by atoms with Crippen LogP contribution < -0.4 is 0 Å². The molecule has 1 aliphatic carbocycles. The second-order valence-electron chi connectivity index (χ2n) is 4.56. The van der Waals surface area contributed by atoms with Gasteiger partial charge in [-0.15, -0.1) is 0 Å². The summed E-state index contributed by atoms with van der Waals surface area (Å²) < 4.78 is 19.1. The van der Waals surface area contributed by atoms with Gasteiger partial charge in [0, 0.05) is 23.6 Å². The number of benzene rings is 1. The van der Waals surface area contributed by atoms with Crippen molar-refractivity contribution < 1.29 is 13.9 Å². The summed E-state index contributed by atoms with van der Waals surface area (Å²) in [5.74, 6) is -0.198. The van der Waals surface area contributed by atoms with E-state index in [4.69, 9.17) is 16.3 Å². The molecule has 1 unspecified atom stereocenters. The average Bonchev–Trinajstić information content (AvgIpc) is 3.15. The van der Waals surface area contributed by atoms with Crippen LogP contribution in [0.1, 0.15) is 25.3 Å². The zero-order chi connectivity index (χ0) is 13.1. The van der Waals surface area contributed by atoms with E-state index < -0.39 is 11.9 Å². The van der Waals surface area contributed by atoms with E-state index in [-0.39, 0.29) is 17.8 Å². The van der Waals surface area contributed by atoms with E-state index >= 15 is 0 Å². The molecule has 1 aliphatic rings. The monoisotopic (exact) mass is 270 g/mol. The molecular formula is C14H16ClFO2. The lowest BCUT2D eigenvalue weighted by atomic mass is 10.0. The van der Waals surface area contributed by atoms with Crippen LogP contribution in [0, 0.1) is 11.7 Å². The zero-order valence-corrected chi connectivity index (χ0v) is 11.0. The second kappa shape index (κ2) is 5.81. The van der Waals surface area contributed by atoms with Gasteiger partial charge in [0.25, 0.3) is 0 Å². The Balaban J connectivity index is 2.10. The van der Waals surface area contributed by atoms with E-state index in [2.05, 4.69) is 0 Å². The fourth-order valence-electron chi connectivity index (χ4n) is 2.05. The lowest BCUT2D eigenvalue weighted by Gasteiger charge is -2.15. The zero-order valence-electron chi connectivity index (χ0n) is 10.3. The lowest BCUT2D eigenvalue weighted by Crippen LogP contribution is -2.28. The van der Waals surface area contributed by atoms with Gasteiger partial charge in [-0.3, -0.25) is 4.79 Å². The molecule has 0 bridgehead atoms. The Morgan fingerprint density at radius 3 is 2.83 bits per heavy atom. The molecule has 1 aromatic rings. The summed E-state index contributed by atoms with van der Waals surface area (Å²) in [7, 11) is 0. The Hall–Kier alpha value is -0.930. The number of rotatable bonds is 6. The number of ketones is 1. The van der Waals surface area contributed by atoms with Crippen LogP contribution in [-0.4, -0.2) is 18.5 Å². The maximum Gasteiger partial charge on any atom is 0.166 e. The van der Waals surface area contributed by atoms with Crippen LogP contribution in [0.3, 0.4) is 0 Å². The van der Waals surface area contributed by atoms with Crippen LogP contribution in [0.25, 0.3) is 0 Å². The number of halogens is 2. The number of Topliss-reactive ketones (excluding diaryl/α,β-unsaturated/α-hetero) is 1. The second-order valence-corrected chi connectivity index (χ2v) is 4.96. The molecule has 18 heavy (non-hydrogen) atoms. The van der Waals surface area contributed by atoms with Gasteiger partial charge in [0.1, 0.15) is 11.9 Å². The SMILES string of the molecule is CCOC(C(=O)Cc1c(F)cccc1Cl)C1CC1. The first-order valence-electron chi connectivity index (χ1n) is 6.20. The van der Waals surface area contributed by atoms with Gasteiger partial charge in [-0.25, -0.2) is 4.39 Å². The van der Waals surface area contributed by atoms with Crippen molar-refractivity contribution >= 4 is 17.4 Å². The van der Waals surface area contributed by atoms with Crippen molar-refractivity contribution in [2.24, 2.45) is 5.92 Å². The fraction of sp³-hybridized carbons (Fsp3) is 0.500. The Bertz CT molecular complexity index is 423. The maximum absolute atomic E-state index is 13.6. The van der Waals surface area contributed by atoms with Crippen LogP contribution >= 0.6 is 11.6 Å². The molecule has 0 heterocycles. The summed E-state index contributed by atoms with van der Waals surface area (Å²) in [4.78, 5) is 12.1. The molecule has 0 amide bonds. The highest BCUT2D eigenvalue weighted by molar-refractivity contribution is 6.31. The summed E-state index contributed by atoms with van der Waals surface area (Å²) in [6.07, 6.45) is 1.64. The molecule has 1 fully saturated rings. The molecule has 0 N–H and O–H groups in total. The summed E-state index contributed by atoms with van der Waals surface area (Å²) in [6.45, 7) is 2.36. The highest BCUT2D eigenvalue weighted by Crippen LogP contribution is 2.35. The van der Waals surface area contributed by atoms with Gasteiger partial charge in [0.05, 0.1) is 0 Å². The van der Waals surface area contributed by atoms with Gasteiger partial charge < -0.3 is 4.74 Å². The third-order valence-corrected chi connectivity index (χ3v) is 3.48. The van der Waals surface area contributed by atoms with E-state index in [0.717, 1.165) is 12.8 Å². The largest absolute Gasteiger partial charge is 0.370 e. The van der Waals surface area contributed by atoms with Crippen molar-refractivity contribution in [2.75, 3.05) is 6.61 Å². The quantitative estimate of drug-likeness (QED) is 0.792. The Labute approximate surface area is 111 Å². The van der Waals surface area contributed by atoms with Gasteiger partial charge in [-0.1, -0.05) is 17.7 Å². The molecule has 0 aliphatic heterocycles. The molecule has 1 aromatic carbocycles. The third-order valence-electron chi connectivity index (χ3n) is 3.13. The van der Waals surface area contributed by atoms with Crippen LogP contribution in [0.5, 0.6) is 0 Å². The maximum atomic E-state index is 13.6. The minimum atomic E-state index is -0.429. The Morgan fingerprint density at radius 2 is 2.28 bits per heavy atom. The van der Waals surface area contributed by atoms with Crippen molar-refractivity contribution in [1.82, 2.24) is 0 Å². The lowest BCUT2D eigenvalue weighted by molar-refractivity contribution is -0.131. The molecule has 2 nitrogen and oxygen atoms in total. The molecule has 2 rings (SSSR count). The van der Waals surface area contributed by atoms with E-state index in [1.165, 1.54) is 12.1 Å². The first-order valence-corrected chi connectivity index (χ1v) is 6.58. The first kappa shape index (κ1) is 13.5. The first-order chi connectivity index (χ1) is 8.63. The number of carbonyl (C=O) groups excluding carboxylic acids is 1. The summed E-state index contributed by atoms with van der Waals surface area (Å²) in [5, 5.41) is 0.300. The van der Waals surface area contributed by atoms with Gasteiger partial charge >= 0.3 is 0 Å². The summed E-state index contributed by atoms with van der Waals surface area (Å²) >= 11 is 5.92. The molecule has 1 saturated carbocycles. The van der Waals surface area contributed by atoms with Gasteiger partial charge in [0.2, 0.25) is 0 Å². The van der Waals surface area contributed by atoms with E-state index in [1.54, 1.807) is 6.07 Å². The predicted molar refractivity (Wildman–Crippen MR) is 68.3 cm³/mol. The molecule has 98 valence electrons. The van der Waals surface area contributed by atoms with Crippen LogP contribution in [0.15, 0.2) is 18.2 Å². The molecule has 0 saturated heterocycles. The van der Waals surface area contributed by atoms with Crippen LogP contribution in [0.2, 0.25) is 5.02 Å². The van der Waals surface area contributed by atoms with E-state index in [9.17, 15) is 9.18 Å². The van der Waals surface area contributed by atoms with Crippen LogP contribution in [-0.2, 0) is 16.0 Å². The molecular weight excluding hydrogens is 255 g/mol. The number of hydrogen-bond donors (Lipinski definition) is 0. The van der Waals surface area contributed by atoms with Crippen LogP contribution in [0.4, 0.5) is 4.39 Å². The van der Waals surface area contributed by atoms with Crippen molar-refractivity contribution in [2.45, 2.75) is 32.3 Å². The highest BCUT2D eigenvalue weighted by Gasteiger charge is 2.36. The van der Waals surface area contributed by atoms with Gasteiger partial charge in [-0.05, 0) is 37.8 Å². The topological polar surface area (TPSA) is 26.3 Å². The smallest absolute Gasteiger partial charge is 0.166 e. The standard InChI is InChI=1S/C14H16ClFO2/c1-2-18-14(9-6-7-9)13(17)8-10-11(15)4-3-5-12(10)16/h3-5,9,14H,2,6-8H2,1H3. The van der Waals surface area contributed by atoms with E-state index in [1.807, 2.05) is 6.92 Å². The van der Waals surface area contributed by atoms with Crippen molar-refractivity contribution in [1.29, 1.82) is 0 Å². The van der Waals surface area contributed by atoms with Gasteiger partial charge in [0.15, 0.2) is 5.78 Å². The fourth-order valence-corrected chi connectivity index (χ4v) is 2.28. The number of hydrogen-bond acceptors (Lipinski definition) is 2. The molecule has 1 atom stereocenters. The normalized spacial score (nSPS) is 16.6. The molecule has 0 aromatic heterocycles. The Morgan fingerprint density at radius 1 is 1.56 bits per heavy atom. The Kier molecular flexibility index (Phi) is 4.36. The predicted octanol–water partition coefficient (Wildman–Crippen LogP) is 3.41. The molecule has 0 spiro atoms. The van der Waals surface area contributed by atoms with E-state index in [0.29, 0.717) is 17.5 Å². The van der Waals surface area contributed by atoms with Crippen molar-refractivity contribution in [3.05, 3.63) is 34.6 Å². The average molecular weight is 271 g/mol. The molecule has 4 heteroatoms. The minimum absolute atomic E-state index is 0.00662. The highest BCUT2D eigenvalue weighted by atomic mass is 35.5. The summed E-state index contributed by atoms with van der Waals surface area (Å²) in [5.41, 5.74) is 0.273. The number of ether oxygens (including phenoxy) is 1. The minimum Gasteiger partial charge on any atom is -0.370 e. The molecule has 0 radical (unpaired) electrons.